The van der Waals surface area contributed by atoms with Crippen molar-refractivity contribution >= 4 is 58.5 Å². The van der Waals surface area contributed by atoms with E-state index in [1.807, 2.05) is 0 Å². The number of aromatic amines is 3. The van der Waals surface area contributed by atoms with Gasteiger partial charge in [0.25, 0.3) is 16.7 Å². The number of H-pyrrole nitrogens is 3. The van der Waals surface area contributed by atoms with Gasteiger partial charge in [0, 0.05) is 54.0 Å². The standard InChI is InChI=1S/2C9H11N2O4PS.C8H11N2O6PS/c1-16(14)9-15-6(5-17-9)4-11-3-2-7(12)10-8(11)13;1-16(14)9-15-6(5-17-9)4-11-7(12)2-3-10-8(11)13;11-6-1-2-10(7(12)9-6)3-5-4-18-8(16-5)17(13,14)15/h2*2-3,6,9H,4-5H2,1H3;1-2,5,8H,3-4H2,(H,9,11,12)(H2,13,14,15)/p+1. The number of hydrogen-bond donors (Lipinski definition) is 4. The molecule has 0 bridgehead atoms. The summed E-state index contributed by atoms with van der Waals surface area (Å²) in [6.07, 6.45) is 3.15. The van der Waals surface area contributed by atoms with Crippen LogP contribution in [0.4, 0.5) is 0 Å². The van der Waals surface area contributed by atoms with Crippen molar-refractivity contribution in [3.05, 3.63) is 99.3 Å². The molecule has 284 valence electrons. The van der Waals surface area contributed by atoms with Gasteiger partial charge in [0.15, 0.2) is 12.8 Å². The minimum atomic E-state index is -4.53. The van der Waals surface area contributed by atoms with Gasteiger partial charge < -0.3 is 33.5 Å². The molecule has 9 atom stereocenters. The van der Waals surface area contributed by atoms with Crippen LogP contribution in [0.15, 0.2) is 65.6 Å². The van der Waals surface area contributed by atoms with Gasteiger partial charge in [-0.05, 0) is 0 Å². The van der Waals surface area contributed by atoms with Crippen LogP contribution in [0.5, 0.6) is 0 Å². The van der Waals surface area contributed by atoms with Gasteiger partial charge in [-0.15, -0.1) is 11.8 Å². The van der Waals surface area contributed by atoms with Gasteiger partial charge in [0.2, 0.25) is 0 Å². The molecule has 3 fully saturated rings. The molecule has 0 aromatic carbocycles. The van der Waals surface area contributed by atoms with E-state index in [0.717, 1.165) is 16.3 Å². The Hall–Kier alpha value is -2.68. The van der Waals surface area contributed by atoms with Crippen LogP contribution in [-0.4, -0.2) is 98.0 Å². The number of hydrogen-bond acceptors (Lipinski definition) is 16. The molecule has 0 amide bonds. The van der Waals surface area contributed by atoms with Crippen molar-refractivity contribution in [3.8, 4) is 0 Å². The number of nitrogens with one attached hydrogen (secondary N) is 3. The molecule has 26 heteroatoms. The summed E-state index contributed by atoms with van der Waals surface area (Å²) in [6.45, 7) is 3.90. The minimum Gasteiger partial charge on any atom is -0.776 e. The van der Waals surface area contributed by atoms with Crippen LogP contribution in [0.1, 0.15) is 0 Å². The Morgan fingerprint density at radius 3 is 1.63 bits per heavy atom. The van der Waals surface area contributed by atoms with Crippen LogP contribution in [0.25, 0.3) is 0 Å². The summed E-state index contributed by atoms with van der Waals surface area (Å²) >= 11 is 3.90. The fourth-order valence-electron chi connectivity index (χ4n) is 4.58. The molecule has 6 rings (SSSR count). The Morgan fingerprint density at radius 2 is 1.23 bits per heavy atom. The lowest BCUT2D eigenvalue weighted by molar-refractivity contribution is -0.201. The van der Waals surface area contributed by atoms with E-state index in [1.165, 1.54) is 69.4 Å². The third-order valence-electron chi connectivity index (χ3n) is 6.99. The number of ether oxygens (including phenoxy) is 3. The molecule has 52 heavy (non-hydrogen) atoms. The molecule has 0 radical (unpaired) electrons. The van der Waals surface area contributed by atoms with Gasteiger partial charge >= 0.3 is 43.0 Å². The third-order valence-corrected chi connectivity index (χ3v) is 15.9. The molecule has 3 aliphatic rings. The molecule has 3 aliphatic heterocycles. The Labute approximate surface area is 307 Å². The first-order valence-corrected chi connectivity index (χ1v) is 23.4. The van der Waals surface area contributed by atoms with Gasteiger partial charge in [-0.3, -0.25) is 38.1 Å². The summed E-state index contributed by atoms with van der Waals surface area (Å²) in [5.41, 5.74) is -2.76. The van der Waals surface area contributed by atoms with E-state index in [9.17, 15) is 47.4 Å². The largest absolute Gasteiger partial charge is 0.776 e. The van der Waals surface area contributed by atoms with Crippen molar-refractivity contribution in [1.82, 2.24) is 28.7 Å². The van der Waals surface area contributed by atoms with E-state index < -0.39 is 62.7 Å². The predicted molar refractivity (Wildman–Crippen MR) is 194 cm³/mol. The topological polar surface area (TPSA) is 287 Å². The Kier molecular flexibility index (Phi) is 15.4. The van der Waals surface area contributed by atoms with E-state index >= 15 is 0 Å². The Balaban J connectivity index is 0.000000175. The number of thioether (sulfide) groups is 3. The van der Waals surface area contributed by atoms with Crippen LogP contribution < -0.4 is 38.6 Å². The van der Waals surface area contributed by atoms with Gasteiger partial charge in [-0.2, -0.15) is 0 Å². The molecule has 0 saturated carbocycles. The normalized spacial score (nSPS) is 25.6. The Morgan fingerprint density at radius 1 is 0.769 bits per heavy atom. The van der Waals surface area contributed by atoms with Crippen LogP contribution in [0.2, 0.25) is 0 Å². The summed E-state index contributed by atoms with van der Waals surface area (Å²) in [5.74, 6) is 1.68. The highest BCUT2D eigenvalue weighted by Gasteiger charge is 2.38. The van der Waals surface area contributed by atoms with Crippen molar-refractivity contribution in [2.24, 2.45) is 0 Å². The highest BCUT2D eigenvalue weighted by atomic mass is 32.2. The van der Waals surface area contributed by atoms with Crippen molar-refractivity contribution in [2.75, 3.05) is 30.6 Å². The Bertz CT molecular complexity index is 2120. The van der Waals surface area contributed by atoms with Crippen molar-refractivity contribution in [1.29, 1.82) is 0 Å². The molecule has 0 spiro atoms. The average molecular weight is 844 g/mol. The third kappa shape index (κ3) is 12.4. The fraction of sp³-hybridized carbons (Fsp3) is 0.538. The molecule has 3 aromatic rings. The molecule has 6 heterocycles. The maximum absolute atomic E-state index is 11.5. The summed E-state index contributed by atoms with van der Waals surface area (Å²) in [6, 6.07) is 3.77. The van der Waals surface area contributed by atoms with E-state index in [2.05, 4.69) is 15.0 Å². The molecule has 4 N–H and O–H groups in total. The lowest BCUT2D eigenvalue weighted by Gasteiger charge is -2.22. The van der Waals surface area contributed by atoms with E-state index in [0.29, 0.717) is 23.8 Å². The van der Waals surface area contributed by atoms with Crippen molar-refractivity contribution < 1.29 is 37.7 Å². The van der Waals surface area contributed by atoms with E-state index in [4.69, 9.17) is 19.1 Å². The summed E-state index contributed by atoms with van der Waals surface area (Å²) in [4.78, 5) is 93.8. The molecule has 0 aliphatic carbocycles. The van der Waals surface area contributed by atoms with Gasteiger partial charge in [0.1, 0.15) is 13.3 Å². The number of nitrogens with zero attached hydrogens (tertiary/aromatic N) is 3. The zero-order valence-electron chi connectivity index (χ0n) is 27.3. The second-order valence-corrected chi connectivity index (χ2v) is 20.2. The summed E-state index contributed by atoms with van der Waals surface area (Å²) in [7, 11) is -7.30. The number of rotatable bonds is 9. The average Bonchev–Trinajstić information content (AvgIpc) is 3.84. The zero-order valence-corrected chi connectivity index (χ0v) is 32.5. The predicted octanol–water partition coefficient (Wildman–Crippen LogP) is -0.683. The first-order valence-electron chi connectivity index (χ1n) is 15.0. The van der Waals surface area contributed by atoms with Gasteiger partial charge in [-0.25, -0.2) is 14.4 Å². The first kappa shape index (κ1) is 42.1. The molecule has 3 aromatic heterocycles. The minimum absolute atomic E-state index is 0.110. The van der Waals surface area contributed by atoms with Crippen LogP contribution in [0, 0.1) is 0 Å². The second kappa shape index (κ2) is 19.1. The van der Waals surface area contributed by atoms with Gasteiger partial charge in [0.05, 0.1) is 37.9 Å². The smallest absolute Gasteiger partial charge is 0.378 e. The molecular weight excluding hydrogens is 809 g/mol. The van der Waals surface area contributed by atoms with Crippen molar-refractivity contribution in [3.63, 3.8) is 0 Å². The molecule has 3 saturated heterocycles. The zero-order chi connectivity index (χ0) is 38.2. The fourth-order valence-corrected chi connectivity index (χ4v) is 11.2. The van der Waals surface area contributed by atoms with E-state index in [1.54, 1.807) is 13.3 Å². The van der Waals surface area contributed by atoms with Crippen LogP contribution in [-0.2, 0) is 47.5 Å². The lowest BCUT2D eigenvalue weighted by Crippen LogP contribution is -2.38. The molecule has 20 nitrogen and oxygen atoms in total. The molecular formula is C26H34N6O14P3S3+. The SMILES string of the molecule is C[P+](=O)C1OC(Cn2c(=O)cc[nH]c2=O)CS1.C[P+](=O)C1OC(Cn2ccc(=O)[nH]c2=O)CS1.O=c1ccn(CC2CSC(P(=O)([O-])O)O2)c(=O)[nH]1. The van der Waals surface area contributed by atoms with Crippen LogP contribution in [0.3, 0.4) is 0 Å². The summed E-state index contributed by atoms with van der Waals surface area (Å²) in [5, 5.41) is -1.90. The second-order valence-electron chi connectivity index (χ2n) is 11.1. The molecule has 9 unspecified atom stereocenters. The summed E-state index contributed by atoms with van der Waals surface area (Å²) < 4.78 is 53.2. The monoisotopic (exact) mass is 843 g/mol. The highest BCUT2D eigenvalue weighted by Crippen LogP contribution is 2.48. The first-order chi connectivity index (χ1) is 24.5. The maximum atomic E-state index is 11.5. The van der Waals surface area contributed by atoms with Crippen LogP contribution >= 0.6 is 58.5 Å². The lowest BCUT2D eigenvalue weighted by atomic mass is 10.4. The van der Waals surface area contributed by atoms with E-state index in [-0.39, 0.29) is 41.2 Å². The maximum Gasteiger partial charge on any atom is 0.378 e. The quantitative estimate of drug-likeness (QED) is 0.194. The van der Waals surface area contributed by atoms with Crippen molar-refractivity contribution in [2.45, 2.75) is 53.5 Å². The van der Waals surface area contributed by atoms with Gasteiger partial charge in [-0.1, -0.05) is 32.7 Å². The number of aromatic nitrogens is 6. The highest BCUT2D eigenvalue weighted by molar-refractivity contribution is 8.05.